The molecule has 0 radical (unpaired) electrons. The van der Waals surface area contributed by atoms with E-state index in [1.807, 2.05) is 27.1 Å². The van der Waals surface area contributed by atoms with Gasteiger partial charge in [-0.3, -0.25) is 4.98 Å². The highest BCUT2D eigenvalue weighted by molar-refractivity contribution is 5.09. The molecule has 1 aromatic heterocycles. The van der Waals surface area contributed by atoms with Crippen LogP contribution in [0.25, 0.3) is 0 Å². The van der Waals surface area contributed by atoms with Crippen molar-refractivity contribution < 1.29 is 4.74 Å². The van der Waals surface area contributed by atoms with Crippen molar-refractivity contribution in [1.29, 1.82) is 0 Å². The highest BCUT2D eigenvalue weighted by Gasteiger charge is 2.11. The Kier molecular flexibility index (Phi) is 6.05. The van der Waals surface area contributed by atoms with Gasteiger partial charge in [-0.2, -0.15) is 0 Å². The average Bonchev–Trinajstić information content (AvgIpc) is 2.27. The molecule has 4 nitrogen and oxygen atoms in total. The minimum atomic E-state index is 0.130. The van der Waals surface area contributed by atoms with Crippen molar-refractivity contribution in [3.05, 3.63) is 18.1 Å². The molecular formula is C14H25N3O. The average molecular weight is 251 g/mol. The van der Waals surface area contributed by atoms with Gasteiger partial charge in [0.1, 0.15) is 0 Å². The Morgan fingerprint density at radius 1 is 1.22 bits per heavy atom. The summed E-state index contributed by atoms with van der Waals surface area (Å²) in [5.74, 6) is 1.28. The predicted octanol–water partition coefficient (Wildman–Crippen LogP) is 2.44. The molecule has 0 aliphatic rings. The van der Waals surface area contributed by atoms with Gasteiger partial charge in [-0.25, -0.2) is 4.98 Å². The number of likely N-dealkylation sites (N-methyl/N-ethyl adjacent to an activating group) is 1. The Morgan fingerprint density at radius 2 is 1.94 bits per heavy atom. The summed E-state index contributed by atoms with van der Waals surface area (Å²) in [4.78, 5) is 8.67. The third-order valence-corrected chi connectivity index (χ3v) is 2.64. The maximum atomic E-state index is 5.56. The van der Waals surface area contributed by atoms with Crippen LogP contribution in [0.2, 0.25) is 0 Å². The standard InChI is InChI=1S/C14H25N3O/c1-10(2)6-12(15-5)7-13-8-16-9-14(17-13)18-11(3)4/h8-12,15H,6-7H2,1-5H3. The molecule has 1 unspecified atom stereocenters. The first-order valence-corrected chi connectivity index (χ1v) is 6.66. The summed E-state index contributed by atoms with van der Waals surface area (Å²) in [5.41, 5.74) is 0.980. The molecule has 0 bridgehead atoms. The molecule has 18 heavy (non-hydrogen) atoms. The topological polar surface area (TPSA) is 47.0 Å². The summed E-state index contributed by atoms with van der Waals surface area (Å²) < 4.78 is 5.56. The third kappa shape index (κ3) is 5.45. The Morgan fingerprint density at radius 3 is 2.50 bits per heavy atom. The van der Waals surface area contributed by atoms with Crippen molar-refractivity contribution in [2.24, 2.45) is 5.92 Å². The fraction of sp³-hybridized carbons (Fsp3) is 0.714. The lowest BCUT2D eigenvalue weighted by atomic mass is 10.0. The maximum absolute atomic E-state index is 5.56. The number of hydrogen-bond donors (Lipinski definition) is 1. The second kappa shape index (κ2) is 7.31. The number of aromatic nitrogens is 2. The first-order chi connectivity index (χ1) is 8.51. The molecule has 1 N–H and O–H groups in total. The van der Waals surface area contributed by atoms with Gasteiger partial charge in [0.05, 0.1) is 18.0 Å². The zero-order valence-corrected chi connectivity index (χ0v) is 12.1. The summed E-state index contributed by atoms with van der Waals surface area (Å²) >= 11 is 0. The van der Waals surface area contributed by atoms with Crippen molar-refractivity contribution in [2.75, 3.05) is 7.05 Å². The highest BCUT2D eigenvalue weighted by atomic mass is 16.5. The first kappa shape index (κ1) is 14.9. The van der Waals surface area contributed by atoms with E-state index in [0.29, 0.717) is 17.8 Å². The molecule has 0 aliphatic carbocycles. The molecule has 4 heteroatoms. The van der Waals surface area contributed by atoms with E-state index in [-0.39, 0.29) is 6.10 Å². The second-order valence-corrected chi connectivity index (χ2v) is 5.33. The lowest BCUT2D eigenvalue weighted by Gasteiger charge is -2.18. The van der Waals surface area contributed by atoms with Crippen LogP contribution in [0.3, 0.4) is 0 Å². The van der Waals surface area contributed by atoms with Gasteiger partial charge in [-0.1, -0.05) is 13.8 Å². The van der Waals surface area contributed by atoms with Gasteiger partial charge in [-0.15, -0.1) is 0 Å². The zero-order valence-electron chi connectivity index (χ0n) is 12.1. The van der Waals surface area contributed by atoms with E-state index in [9.17, 15) is 0 Å². The number of ether oxygens (including phenoxy) is 1. The van der Waals surface area contributed by atoms with E-state index < -0.39 is 0 Å². The van der Waals surface area contributed by atoms with E-state index in [4.69, 9.17) is 4.74 Å². The van der Waals surface area contributed by atoms with E-state index in [1.54, 1.807) is 6.20 Å². The number of rotatable bonds is 7. The van der Waals surface area contributed by atoms with Crippen molar-refractivity contribution >= 4 is 0 Å². The molecule has 102 valence electrons. The van der Waals surface area contributed by atoms with Gasteiger partial charge >= 0.3 is 0 Å². The maximum Gasteiger partial charge on any atom is 0.232 e. The van der Waals surface area contributed by atoms with Gasteiger partial charge in [0, 0.05) is 18.7 Å². The van der Waals surface area contributed by atoms with Crippen LogP contribution in [0.1, 0.15) is 39.8 Å². The van der Waals surface area contributed by atoms with Crippen LogP contribution >= 0.6 is 0 Å². The fourth-order valence-corrected chi connectivity index (χ4v) is 1.91. The van der Waals surface area contributed by atoms with Crippen LogP contribution < -0.4 is 10.1 Å². The summed E-state index contributed by atoms with van der Waals surface area (Å²) in [6.07, 6.45) is 5.63. The number of nitrogens with one attached hydrogen (secondary N) is 1. The summed E-state index contributed by atoms with van der Waals surface area (Å²) in [7, 11) is 1.99. The summed E-state index contributed by atoms with van der Waals surface area (Å²) in [6, 6.07) is 0.439. The van der Waals surface area contributed by atoms with Crippen LogP contribution in [0, 0.1) is 5.92 Å². The van der Waals surface area contributed by atoms with Crippen LogP contribution in [0.4, 0.5) is 0 Å². The molecule has 0 aliphatic heterocycles. The molecule has 0 amide bonds. The van der Waals surface area contributed by atoms with Gasteiger partial charge in [0.2, 0.25) is 5.88 Å². The van der Waals surface area contributed by atoms with E-state index in [1.165, 1.54) is 0 Å². The molecule has 1 heterocycles. The van der Waals surface area contributed by atoms with Crippen molar-refractivity contribution in [3.63, 3.8) is 0 Å². The minimum Gasteiger partial charge on any atom is -0.474 e. The van der Waals surface area contributed by atoms with Gasteiger partial charge < -0.3 is 10.1 Å². The Balaban J connectivity index is 2.65. The lowest BCUT2D eigenvalue weighted by molar-refractivity contribution is 0.230. The highest BCUT2D eigenvalue weighted by Crippen LogP contribution is 2.12. The molecule has 0 fully saturated rings. The molecule has 1 rings (SSSR count). The van der Waals surface area contributed by atoms with E-state index in [0.717, 1.165) is 18.5 Å². The van der Waals surface area contributed by atoms with E-state index in [2.05, 4.69) is 29.1 Å². The molecular weight excluding hydrogens is 226 g/mol. The molecule has 0 aromatic carbocycles. The Labute approximate surface area is 110 Å². The first-order valence-electron chi connectivity index (χ1n) is 6.66. The monoisotopic (exact) mass is 251 g/mol. The van der Waals surface area contributed by atoms with Crippen molar-refractivity contribution in [1.82, 2.24) is 15.3 Å². The van der Waals surface area contributed by atoms with Crippen LogP contribution in [-0.4, -0.2) is 29.2 Å². The SMILES string of the molecule is CNC(Cc1cncc(OC(C)C)n1)CC(C)C. The van der Waals surface area contributed by atoms with E-state index >= 15 is 0 Å². The minimum absolute atomic E-state index is 0.130. The second-order valence-electron chi connectivity index (χ2n) is 5.33. The normalized spacial score (nSPS) is 13.1. The van der Waals surface area contributed by atoms with Crippen LogP contribution in [0.5, 0.6) is 5.88 Å². The van der Waals surface area contributed by atoms with Gasteiger partial charge in [0.15, 0.2) is 0 Å². The predicted molar refractivity (Wildman–Crippen MR) is 73.8 cm³/mol. The lowest BCUT2D eigenvalue weighted by Crippen LogP contribution is -2.29. The van der Waals surface area contributed by atoms with Crippen LogP contribution in [0.15, 0.2) is 12.4 Å². The molecule has 1 atom stereocenters. The van der Waals surface area contributed by atoms with Gasteiger partial charge in [-0.05, 0) is 33.2 Å². The van der Waals surface area contributed by atoms with Crippen LogP contribution in [-0.2, 0) is 6.42 Å². The summed E-state index contributed by atoms with van der Waals surface area (Å²) in [5, 5.41) is 3.33. The fourth-order valence-electron chi connectivity index (χ4n) is 1.91. The number of nitrogens with zero attached hydrogens (tertiary/aromatic N) is 2. The Bertz CT molecular complexity index is 353. The molecule has 0 spiro atoms. The number of hydrogen-bond acceptors (Lipinski definition) is 4. The zero-order chi connectivity index (χ0) is 13.5. The van der Waals surface area contributed by atoms with Crippen molar-refractivity contribution in [3.8, 4) is 5.88 Å². The van der Waals surface area contributed by atoms with Gasteiger partial charge in [0.25, 0.3) is 0 Å². The quantitative estimate of drug-likeness (QED) is 0.808. The molecule has 0 saturated carbocycles. The van der Waals surface area contributed by atoms with Crippen molar-refractivity contribution in [2.45, 2.75) is 52.7 Å². The molecule has 1 aromatic rings. The largest absolute Gasteiger partial charge is 0.474 e. The Hall–Kier alpha value is -1.16. The smallest absolute Gasteiger partial charge is 0.232 e. The molecule has 0 saturated heterocycles. The summed E-state index contributed by atoms with van der Waals surface area (Å²) in [6.45, 7) is 8.44. The third-order valence-electron chi connectivity index (χ3n) is 2.64.